The smallest absolute Gasteiger partial charge is 0.236 e. The van der Waals surface area contributed by atoms with Gasteiger partial charge in [0, 0.05) is 41.8 Å². The standard InChI is InChI=1S/C30H37Cl2N3O3/c1-33(24-8-3-2-4-9-24)28(36)20-34-16-6-15-30(21-34)18-27(38-26-10-5-7-23(32)17-26)19-35(29(30)37)25-13-11-22(31)12-14-25/h5,7,10-14,17,24,27H,2-4,6,8-9,15-16,18-21H2,1H3/t27-,30-/m1/s1. The number of likely N-dealkylation sites (N-methyl/N-ethyl adjacent to an activating group) is 1. The Morgan fingerprint density at radius 3 is 2.55 bits per heavy atom. The molecule has 3 fully saturated rings. The summed E-state index contributed by atoms with van der Waals surface area (Å²) >= 11 is 12.4. The van der Waals surface area contributed by atoms with Crippen molar-refractivity contribution in [3.05, 3.63) is 58.6 Å². The maximum Gasteiger partial charge on any atom is 0.236 e. The molecule has 0 N–H and O–H groups in total. The number of hydrogen-bond acceptors (Lipinski definition) is 4. The highest BCUT2D eigenvalue weighted by Crippen LogP contribution is 2.42. The highest BCUT2D eigenvalue weighted by molar-refractivity contribution is 6.31. The lowest BCUT2D eigenvalue weighted by Crippen LogP contribution is -2.61. The molecule has 2 saturated heterocycles. The fraction of sp³-hybridized carbons (Fsp3) is 0.533. The molecule has 5 rings (SSSR count). The van der Waals surface area contributed by atoms with Crippen LogP contribution in [-0.2, 0) is 9.59 Å². The average Bonchev–Trinajstić information content (AvgIpc) is 2.91. The minimum Gasteiger partial charge on any atom is -0.488 e. The number of anilines is 1. The molecule has 0 aromatic heterocycles. The van der Waals surface area contributed by atoms with Crippen LogP contribution in [0.5, 0.6) is 5.75 Å². The van der Waals surface area contributed by atoms with Gasteiger partial charge in [0.05, 0.1) is 18.5 Å². The van der Waals surface area contributed by atoms with Crippen LogP contribution in [0, 0.1) is 5.41 Å². The molecule has 2 atom stereocenters. The molecule has 0 bridgehead atoms. The van der Waals surface area contributed by atoms with Crippen LogP contribution in [0.25, 0.3) is 0 Å². The fourth-order valence-electron chi connectivity index (χ4n) is 6.49. The summed E-state index contributed by atoms with van der Waals surface area (Å²) in [5.74, 6) is 0.946. The summed E-state index contributed by atoms with van der Waals surface area (Å²) in [6.07, 6.45) is 7.85. The summed E-state index contributed by atoms with van der Waals surface area (Å²) in [6.45, 7) is 2.16. The van der Waals surface area contributed by atoms with E-state index in [1.54, 1.807) is 0 Å². The van der Waals surface area contributed by atoms with Gasteiger partial charge in [0.25, 0.3) is 0 Å². The lowest BCUT2D eigenvalue weighted by Gasteiger charge is -2.49. The number of carbonyl (C=O) groups excluding carboxylic acids is 2. The first-order chi connectivity index (χ1) is 18.3. The number of hydrogen-bond donors (Lipinski definition) is 0. The van der Waals surface area contributed by atoms with Gasteiger partial charge < -0.3 is 14.5 Å². The Labute approximate surface area is 235 Å². The summed E-state index contributed by atoms with van der Waals surface area (Å²) < 4.78 is 6.42. The van der Waals surface area contributed by atoms with E-state index >= 15 is 0 Å². The predicted octanol–water partition coefficient (Wildman–Crippen LogP) is 6.05. The van der Waals surface area contributed by atoms with E-state index in [0.29, 0.717) is 47.9 Å². The minimum absolute atomic E-state index is 0.101. The van der Waals surface area contributed by atoms with Crippen LogP contribution < -0.4 is 9.64 Å². The number of ether oxygens (including phenoxy) is 1. The van der Waals surface area contributed by atoms with E-state index in [9.17, 15) is 9.59 Å². The van der Waals surface area contributed by atoms with Crippen molar-refractivity contribution in [3.8, 4) is 5.75 Å². The molecular weight excluding hydrogens is 521 g/mol. The molecule has 2 aromatic rings. The van der Waals surface area contributed by atoms with E-state index in [0.717, 1.165) is 37.9 Å². The van der Waals surface area contributed by atoms with Gasteiger partial charge in [-0.15, -0.1) is 0 Å². The zero-order valence-electron chi connectivity index (χ0n) is 22.1. The Bertz CT molecular complexity index is 1140. The van der Waals surface area contributed by atoms with Gasteiger partial charge in [0.15, 0.2) is 0 Å². The third-order valence-corrected chi connectivity index (χ3v) is 8.96. The second-order valence-electron chi connectivity index (χ2n) is 11.2. The lowest BCUT2D eigenvalue weighted by molar-refractivity contribution is -0.141. The maximum absolute atomic E-state index is 14.1. The van der Waals surface area contributed by atoms with Gasteiger partial charge in [-0.2, -0.15) is 0 Å². The Balaban J connectivity index is 1.36. The summed E-state index contributed by atoms with van der Waals surface area (Å²) in [6, 6.07) is 15.1. The van der Waals surface area contributed by atoms with E-state index < -0.39 is 5.41 Å². The number of amides is 2. The summed E-state index contributed by atoms with van der Waals surface area (Å²) in [7, 11) is 1.95. The number of rotatable bonds is 6. The second kappa shape index (κ2) is 11.8. The number of piperidine rings is 2. The zero-order valence-corrected chi connectivity index (χ0v) is 23.6. The molecule has 8 heteroatoms. The van der Waals surface area contributed by atoms with Crippen molar-refractivity contribution in [3.63, 3.8) is 0 Å². The maximum atomic E-state index is 14.1. The molecule has 0 radical (unpaired) electrons. The quantitative estimate of drug-likeness (QED) is 0.433. The van der Waals surface area contributed by atoms with Crippen LogP contribution in [0.2, 0.25) is 10.0 Å². The van der Waals surface area contributed by atoms with Gasteiger partial charge in [0.1, 0.15) is 11.9 Å². The average molecular weight is 559 g/mol. The van der Waals surface area contributed by atoms with Gasteiger partial charge in [0.2, 0.25) is 11.8 Å². The first-order valence-corrected chi connectivity index (χ1v) is 14.6. The van der Waals surface area contributed by atoms with E-state index in [-0.39, 0.29) is 17.9 Å². The number of carbonyl (C=O) groups is 2. The van der Waals surface area contributed by atoms with Crippen LogP contribution in [-0.4, -0.2) is 67.0 Å². The van der Waals surface area contributed by atoms with Crippen molar-refractivity contribution >= 4 is 40.7 Å². The molecule has 6 nitrogen and oxygen atoms in total. The third kappa shape index (κ3) is 6.13. The largest absolute Gasteiger partial charge is 0.488 e. The summed E-state index contributed by atoms with van der Waals surface area (Å²) in [5.41, 5.74) is 0.187. The number of likely N-dealkylation sites (tertiary alicyclic amines) is 1. The first kappa shape index (κ1) is 27.3. The topological polar surface area (TPSA) is 53.1 Å². The van der Waals surface area contributed by atoms with Gasteiger partial charge in [-0.3, -0.25) is 14.5 Å². The molecule has 1 spiro atoms. The van der Waals surface area contributed by atoms with Crippen molar-refractivity contribution in [2.75, 3.05) is 38.1 Å². The number of benzene rings is 2. The summed E-state index contributed by atoms with van der Waals surface area (Å²) in [5, 5.41) is 1.24. The number of halogens is 2. The van der Waals surface area contributed by atoms with Crippen LogP contribution in [0.15, 0.2) is 48.5 Å². The molecule has 2 heterocycles. The first-order valence-electron chi connectivity index (χ1n) is 13.8. The Hall–Kier alpha value is -2.28. The number of nitrogens with zero attached hydrogens (tertiary/aromatic N) is 3. The van der Waals surface area contributed by atoms with Crippen molar-refractivity contribution in [1.29, 1.82) is 0 Å². The SMILES string of the molecule is CN(C(=O)CN1CCC[C@@]2(C[C@@H](Oc3cccc(Cl)c3)CN(c3ccc(Cl)cc3)C2=O)C1)C1CCCCC1. The van der Waals surface area contributed by atoms with Crippen molar-refractivity contribution in [2.24, 2.45) is 5.41 Å². The van der Waals surface area contributed by atoms with E-state index in [4.69, 9.17) is 27.9 Å². The van der Waals surface area contributed by atoms with Gasteiger partial charge in [-0.1, -0.05) is 48.5 Å². The molecule has 3 aliphatic rings. The molecular formula is C30H37Cl2N3O3. The molecule has 2 aromatic carbocycles. The lowest BCUT2D eigenvalue weighted by atomic mass is 9.72. The second-order valence-corrected chi connectivity index (χ2v) is 12.1. The Morgan fingerprint density at radius 1 is 1.05 bits per heavy atom. The van der Waals surface area contributed by atoms with Crippen LogP contribution in [0.3, 0.4) is 0 Å². The Kier molecular flexibility index (Phi) is 8.51. The normalized spacial score (nSPS) is 25.0. The van der Waals surface area contributed by atoms with E-state index in [1.165, 1.54) is 19.3 Å². The fourth-order valence-corrected chi connectivity index (χ4v) is 6.80. The molecule has 0 unspecified atom stereocenters. The minimum atomic E-state index is -0.622. The van der Waals surface area contributed by atoms with Crippen molar-refractivity contribution in [2.45, 2.75) is 63.5 Å². The zero-order chi connectivity index (χ0) is 26.7. The summed E-state index contributed by atoms with van der Waals surface area (Å²) in [4.78, 5) is 33.4. The molecule has 2 amide bonds. The van der Waals surface area contributed by atoms with Crippen LogP contribution >= 0.6 is 23.2 Å². The molecule has 2 aliphatic heterocycles. The van der Waals surface area contributed by atoms with Crippen molar-refractivity contribution in [1.82, 2.24) is 9.80 Å². The molecule has 38 heavy (non-hydrogen) atoms. The van der Waals surface area contributed by atoms with Crippen LogP contribution in [0.4, 0.5) is 5.69 Å². The third-order valence-electron chi connectivity index (χ3n) is 8.47. The predicted molar refractivity (Wildman–Crippen MR) is 152 cm³/mol. The Morgan fingerprint density at radius 2 is 1.82 bits per heavy atom. The van der Waals surface area contributed by atoms with Crippen molar-refractivity contribution < 1.29 is 14.3 Å². The molecule has 1 aliphatic carbocycles. The molecule has 204 valence electrons. The van der Waals surface area contributed by atoms with E-state index in [2.05, 4.69) is 4.90 Å². The van der Waals surface area contributed by atoms with E-state index in [1.807, 2.05) is 65.4 Å². The van der Waals surface area contributed by atoms with Gasteiger partial charge in [-0.05, 0) is 74.7 Å². The van der Waals surface area contributed by atoms with Gasteiger partial charge in [-0.25, -0.2) is 0 Å². The highest BCUT2D eigenvalue weighted by Gasteiger charge is 2.50. The molecule has 1 saturated carbocycles. The monoisotopic (exact) mass is 557 g/mol. The highest BCUT2D eigenvalue weighted by atomic mass is 35.5. The van der Waals surface area contributed by atoms with Crippen LogP contribution in [0.1, 0.15) is 51.4 Å². The van der Waals surface area contributed by atoms with Gasteiger partial charge >= 0.3 is 0 Å².